The minimum atomic E-state index is 0.435. The van der Waals surface area contributed by atoms with E-state index in [2.05, 4.69) is 128 Å². The van der Waals surface area contributed by atoms with Gasteiger partial charge in [-0.25, -0.2) is 4.98 Å². The minimum Gasteiger partial charge on any atom is -0.436 e. The Balaban J connectivity index is 1.29. The number of fused-ring (bicyclic) bond motifs is 4. The van der Waals surface area contributed by atoms with E-state index in [1.54, 1.807) is 0 Å². The Labute approximate surface area is 222 Å². The number of para-hydroxylation sites is 3. The number of hydrogen-bond donors (Lipinski definition) is 0. The molecule has 0 fully saturated rings. The molecule has 0 amide bonds. The lowest BCUT2D eigenvalue weighted by molar-refractivity contribution is 0.606. The van der Waals surface area contributed by atoms with Crippen LogP contribution in [0.3, 0.4) is 0 Å². The molecule has 0 saturated heterocycles. The molecule has 2 heterocycles. The highest BCUT2D eigenvalue weighted by atomic mass is 16.3. The van der Waals surface area contributed by atoms with Crippen molar-refractivity contribution < 1.29 is 4.42 Å². The Bertz CT molecular complexity index is 1910. The molecular weight excluding hydrogens is 464 g/mol. The Morgan fingerprint density at radius 1 is 0.684 bits per heavy atom. The molecule has 0 spiro atoms. The number of hydrogen-bond acceptors (Lipinski definition) is 2. The molecule has 0 aliphatic heterocycles. The maximum absolute atomic E-state index is 6.29. The minimum absolute atomic E-state index is 0.435. The summed E-state index contributed by atoms with van der Waals surface area (Å²) in [5.74, 6) is 1.10. The number of oxazole rings is 1. The third-order valence-electron chi connectivity index (χ3n) is 7.74. The quantitative estimate of drug-likeness (QED) is 0.239. The van der Waals surface area contributed by atoms with Gasteiger partial charge >= 0.3 is 0 Å². The lowest BCUT2D eigenvalue weighted by Gasteiger charge is -2.08. The SMILES string of the molecule is CCC(C)c1cccc2nc(-c3ccc(-c4ccc5c(c4)c4ccccc4n5-c4ccccc4)cc3)oc12. The fourth-order valence-electron chi connectivity index (χ4n) is 5.51. The summed E-state index contributed by atoms with van der Waals surface area (Å²) in [5, 5.41) is 2.51. The smallest absolute Gasteiger partial charge is 0.227 e. The molecule has 0 aliphatic carbocycles. The van der Waals surface area contributed by atoms with E-state index in [-0.39, 0.29) is 0 Å². The molecule has 0 bridgehead atoms. The van der Waals surface area contributed by atoms with E-state index in [1.807, 2.05) is 6.07 Å². The number of nitrogens with zero attached hydrogens (tertiary/aromatic N) is 2. The molecule has 7 aromatic rings. The second-order valence-corrected chi connectivity index (χ2v) is 10.0. The highest BCUT2D eigenvalue weighted by Crippen LogP contribution is 2.36. The van der Waals surface area contributed by atoms with Crippen molar-refractivity contribution >= 4 is 32.9 Å². The van der Waals surface area contributed by atoms with Crippen LogP contribution >= 0.6 is 0 Å². The van der Waals surface area contributed by atoms with E-state index in [0.29, 0.717) is 11.8 Å². The van der Waals surface area contributed by atoms with Crippen LogP contribution in [0.4, 0.5) is 0 Å². The topological polar surface area (TPSA) is 31.0 Å². The van der Waals surface area contributed by atoms with Gasteiger partial charge in [-0.15, -0.1) is 0 Å². The first kappa shape index (κ1) is 22.6. The van der Waals surface area contributed by atoms with Crippen molar-refractivity contribution in [2.24, 2.45) is 0 Å². The molecule has 0 saturated carbocycles. The van der Waals surface area contributed by atoms with Gasteiger partial charge in [-0.05, 0) is 77.6 Å². The largest absolute Gasteiger partial charge is 0.436 e. The molecular formula is C35H28N2O. The predicted molar refractivity (Wildman–Crippen MR) is 158 cm³/mol. The molecule has 0 radical (unpaired) electrons. The maximum Gasteiger partial charge on any atom is 0.227 e. The summed E-state index contributed by atoms with van der Waals surface area (Å²) in [4.78, 5) is 4.80. The molecule has 5 aromatic carbocycles. The molecule has 1 unspecified atom stereocenters. The summed E-state index contributed by atoms with van der Waals surface area (Å²) >= 11 is 0. The van der Waals surface area contributed by atoms with Crippen molar-refractivity contribution in [2.45, 2.75) is 26.2 Å². The van der Waals surface area contributed by atoms with Gasteiger partial charge in [0.05, 0.1) is 11.0 Å². The van der Waals surface area contributed by atoms with Crippen LogP contribution in [-0.2, 0) is 0 Å². The first-order valence-electron chi connectivity index (χ1n) is 13.3. The Kier molecular flexibility index (Phi) is 5.36. The number of aromatic nitrogens is 2. The Morgan fingerprint density at radius 3 is 2.21 bits per heavy atom. The average molecular weight is 493 g/mol. The van der Waals surface area contributed by atoms with Gasteiger partial charge in [0.1, 0.15) is 5.52 Å². The summed E-state index contributed by atoms with van der Waals surface area (Å²) in [5.41, 5.74) is 10.00. The Hall–Kier alpha value is -4.63. The molecule has 3 heteroatoms. The zero-order valence-electron chi connectivity index (χ0n) is 21.6. The summed E-state index contributed by atoms with van der Waals surface area (Å²) in [6.07, 6.45) is 1.07. The van der Waals surface area contributed by atoms with Crippen molar-refractivity contribution in [3.8, 4) is 28.3 Å². The molecule has 1 atom stereocenters. The fourth-order valence-corrected chi connectivity index (χ4v) is 5.51. The van der Waals surface area contributed by atoms with E-state index >= 15 is 0 Å². The van der Waals surface area contributed by atoms with Crippen LogP contribution in [0.1, 0.15) is 31.7 Å². The van der Waals surface area contributed by atoms with E-state index in [1.165, 1.54) is 44.2 Å². The van der Waals surface area contributed by atoms with Crippen LogP contribution in [0.25, 0.3) is 61.2 Å². The standard InChI is InChI=1S/C35H28N2O/c1-3-23(2)28-13-9-14-31-34(28)38-35(36-31)25-18-16-24(17-19-25)26-20-21-33-30(22-26)29-12-7-8-15-32(29)37(33)27-10-5-4-6-11-27/h4-23H,3H2,1-2H3. The lowest BCUT2D eigenvalue weighted by Crippen LogP contribution is -1.92. The molecule has 3 nitrogen and oxygen atoms in total. The first-order valence-corrected chi connectivity index (χ1v) is 13.3. The van der Waals surface area contributed by atoms with Gasteiger partial charge in [0.25, 0.3) is 0 Å². The van der Waals surface area contributed by atoms with Gasteiger partial charge in [-0.1, -0.05) is 80.6 Å². The van der Waals surface area contributed by atoms with Crippen LogP contribution in [0.15, 0.2) is 120 Å². The summed E-state index contributed by atoms with van der Waals surface area (Å²) < 4.78 is 8.64. The molecule has 7 rings (SSSR count). The highest BCUT2D eigenvalue weighted by molar-refractivity contribution is 6.10. The van der Waals surface area contributed by atoms with Crippen LogP contribution in [0.5, 0.6) is 0 Å². The van der Waals surface area contributed by atoms with Gasteiger partial charge in [0.2, 0.25) is 5.89 Å². The van der Waals surface area contributed by atoms with Gasteiger partial charge in [0, 0.05) is 22.0 Å². The third-order valence-corrected chi connectivity index (χ3v) is 7.74. The van der Waals surface area contributed by atoms with Crippen LogP contribution in [0.2, 0.25) is 0 Å². The zero-order valence-corrected chi connectivity index (χ0v) is 21.6. The van der Waals surface area contributed by atoms with Crippen molar-refractivity contribution in [1.82, 2.24) is 9.55 Å². The van der Waals surface area contributed by atoms with E-state index < -0.39 is 0 Å². The van der Waals surface area contributed by atoms with Gasteiger partial charge in [-0.2, -0.15) is 0 Å². The summed E-state index contributed by atoms with van der Waals surface area (Å²) in [6, 6.07) is 40.8. The van der Waals surface area contributed by atoms with Crippen molar-refractivity contribution in [2.75, 3.05) is 0 Å². The molecule has 0 aliphatic rings. The summed E-state index contributed by atoms with van der Waals surface area (Å²) in [6.45, 7) is 4.44. The van der Waals surface area contributed by atoms with Crippen molar-refractivity contribution in [1.29, 1.82) is 0 Å². The molecule has 2 aromatic heterocycles. The maximum atomic E-state index is 6.29. The third kappa shape index (κ3) is 3.62. The number of rotatable bonds is 5. The normalized spacial score (nSPS) is 12.5. The summed E-state index contributed by atoms with van der Waals surface area (Å²) in [7, 11) is 0. The first-order chi connectivity index (χ1) is 18.7. The average Bonchev–Trinajstić information content (AvgIpc) is 3.56. The highest BCUT2D eigenvalue weighted by Gasteiger charge is 2.16. The predicted octanol–water partition coefficient (Wildman–Crippen LogP) is 9.77. The second-order valence-electron chi connectivity index (χ2n) is 10.0. The van der Waals surface area contributed by atoms with E-state index in [0.717, 1.165) is 23.1 Å². The van der Waals surface area contributed by atoms with Gasteiger partial charge in [0.15, 0.2) is 5.58 Å². The van der Waals surface area contributed by atoms with E-state index in [9.17, 15) is 0 Å². The lowest BCUT2D eigenvalue weighted by atomic mass is 9.98. The second kappa shape index (κ2) is 9.04. The Morgan fingerprint density at radius 2 is 1.39 bits per heavy atom. The van der Waals surface area contributed by atoms with Gasteiger partial charge in [-0.3, -0.25) is 0 Å². The van der Waals surface area contributed by atoms with Crippen molar-refractivity contribution in [3.05, 3.63) is 121 Å². The molecule has 38 heavy (non-hydrogen) atoms. The van der Waals surface area contributed by atoms with Crippen LogP contribution in [0, 0.1) is 0 Å². The van der Waals surface area contributed by atoms with Crippen LogP contribution < -0.4 is 0 Å². The van der Waals surface area contributed by atoms with E-state index in [4.69, 9.17) is 9.40 Å². The molecule has 184 valence electrons. The molecule has 0 N–H and O–H groups in total. The van der Waals surface area contributed by atoms with Crippen molar-refractivity contribution in [3.63, 3.8) is 0 Å². The van der Waals surface area contributed by atoms with Crippen LogP contribution in [-0.4, -0.2) is 9.55 Å². The zero-order chi connectivity index (χ0) is 25.6. The fraction of sp³-hybridized carbons (Fsp3) is 0.114. The van der Waals surface area contributed by atoms with Gasteiger partial charge < -0.3 is 8.98 Å². The number of benzene rings is 5. The monoisotopic (exact) mass is 492 g/mol.